The van der Waals surface area contributed by atoms with Crippen molar-refractivity contribution in [3.05, 3.63) is 59.7 Å². The smallest absolute Gasteiger partial charge is 0.242 e. The van der Waals surface area contributed by atoms with Gasteiger partial charge >= 0.3 is 0 Å². The standard InChI is InChI=1S/C28H41N3O5S/c1-6-8-19-29-28(33)26(7-2)30(21-23-13-11-22(3)12-14-23)27(32)10-9-20-31(37(5,34)35)24-15-17-25(36-4)18-16-24/h11-18,26H,6-10,19-21H2,1-5H3,(H,29,33)/t26-/m0/s1. The van der Waals surface area contributed by atoms with Crippen LogP contribution in [0.15, 0.2) is 48.5 Å². The van der Waals surface area contributed by atoms with Crippen molar-refractivity contribution in [2.75, 3.05) is 30.8 Å². The van der Waals surface area contributed by atoms with Crippen molar-refractivity contribution in [1.82, 2.24) is 10.2 Å². The number of aryl methyl sites for hydroxylation is 1. The van der Waals surface area contributed by atoms with Gasteiger partial charge in [-0.25, -0.2) is 8.42 Å². The first-order chi connectivity index (χ1) is 17.6. The Morgan fingerprint density at radius 2 is 1.65 bits per heavy atom. The minimum absolute atomic E-state index is 0.118. The Hall–Kier alpha value is -3.07. The highest BCUT2D eigenvalue weighted by molar-refractivity contribution is 7.92. The van der Waals surface area contributed by atoms with Crippen molar-refractivity contribution in [2.45, 2.75) is 65.5 Å². The first-order valence-corrected chi connectivity index (χ1v) is 14.7. The number of ether oxygens (including phenoxy) is 1. The zero-order valence-electron chi connectivity index (χ0n) is 22.7. The van der Waals surface area contributed by atoms with Crippen molar-refractivity contribution in [1.29, 1.82) is 0 Å². The average Bonchev–Trinajstić information content (AvgIpc) is 2.87. The normalized spacial score (nSPS) is 12.0. The number of rotatable bonds is 15. The molecule has 0 aliphatic carbocycles. The topological polar surface area (TPSA) is 96.0 Å². The summed E-state index contributed by atoms with van der Waals surface area (Å²) >= 11 is 0. The number of benzene rings is 2. The van der Waals surface area contributed by atoms with Crippen molar-refractivity contribution in [3.63, 3.8) is 0 Å². The number of sulfonamides is 1. The number of hydrogen-bond acceptors (Lipinski definition) is 5. The van der Waals surface area contributed by atoms with Crippen LogP contribution >= 0.6 is 0 Å². The van der Waals surface area contributed by atoms with Gasteiger partial charge in [0.15, 0.2) is 0 Å². The third-order valence-corrected chi connectivity index (χ3v) is 7.40. The van der Waals surface area contributed by atoms with Crippen molar-refractivity contribution < 1.29 is 22.7 Å². The number of nitrogens with one attached hydrogen (secondary N) is 1. The van der Waals surface area contributed by atoms with E-state index in [1.54, 1.807) is 36.3 Å². The second kappa shape index (κ2) is 14.6. The second-order valence-corrected chi connectivity index (χ2v) is 11.1. The van der Waals surface area contributed by atoms with E-state index in [9.17, 15) is 18.0 Å². The van der Waals surface area contributed by atoms with Crippen LogP contribution in [0.3, 0.4) is 0 Å². The summed E-state index contributed by atoms with van der Waals surface area (Å²) < 4.78 is 31.4. The lowest BCUT2D eigenvalue weighted by Gasteiger charge is -2.31. The van der Waals surface area contributed by atoms with E-state index in [-0.39, 0.29) is 24.8 Å². The van der Waals surface area contributed by atoms with E-state index in [0.29, 0.717) is 37.4 Å². The molecule has 0 aliphatic heterocycles. The molecule has 0 bridgehead atoms. The molecule has 9 heteroatoms. The Balaban J connectivity index is 2.18. The van der Waals surface area contributed by atoms with Gasteiger partial charge < -0.3 is 15.0 Å². The van der Waals surface area contributed by atoms with Crippen LogP contribution in [0, 0.1) is 6.92 Å². The van der Waals surface area contributed by atoms with Crippen molar-refractivity contribution in [3.8, 4) is 5.75 Å². The van der Waals surface area contributed by atoms with Gasteiger partial charge in [0.05, 0.1) is 19.1 Å². The molecular formula is C28H41N3O5S. The molecule has 2 amide bonds. The Kier molecular flexibility index (Phi) is 11.9. The fourth-order valence-corrected chi connectivity index (χ4v) is 5.03. The number of amides is 2. The van der Waals surface area contributed by atoms with E-state index in [4.69, 9.17) is 4.74 Å². The molecular weight excluding hydrogens is 490 g/mol. The largest absolute Gasteiger partial charge is 0.497 e. The number of carbonyl (C=O) groups is 2. The maximum Gasteiger partial charge on any atom is 0.242 e. The van der Waals surface area contributed by atoms with Crippen LogP contribution in [0.25, 0.3) is 0 Å². The molecule has 2 aromatic rings. The van der Waals surface area contributed by atoms with Crippen LogP contribution in [0.4, 0.5) is 5.69 Å². The molecule has 0 radical (unpaired) electrons. The minimum Gasteiger partial charge on any atom is -0.497 e. The average molecular weight is 532 g/mol. The van der Waals surface area contributed by atoms with Gasteiger partial charge in [-0.2, -0.15) is 0 Å². The fraction of sp³-hybridized carbons (Fsp3) is 0.500. The summed E-state index contributed by atoms with van der Waals surface area (Å²) in [5, 5.41) is 2.96. The quantitative estimate of drug-likeness (QED) is 0.346. The van der Waals surface area contributed by atoms with Gasteiger partial charge in [-0.05, 0) is 56.0 Å². The van der Waals surface area contributed by atoms with Gasteiger partial charge in [-0.1, -0.05) is 50.1 Å². The van der Waals surface area contributed by atoms with Gasteiger partial charge in [0, 0.05) is 26.1 Å². The Labute approximate surface area is 222 Å². The molecule has 37 heavy (non-hydrogen) atoms. The fourth-order valence-electron chi connectivity index (χ4n) is 4.07. The SMILES string of the molecule is CCCCNC(=O)[C@H](CC)N(Cc1ccc(C)cc1)C(=O)CCCN(c1ccc(OC)cc1)S(C)(=O)=O. The van der Waals surface area contributed by atoms with E-state index in [1.165, 1.54) is 4.31 Å². The lowest BCUT2D eigenvalue weighted by molar-refractivity contribution is -0.141. The van der Waals surface area contributed by atoms with Crippen molar-refractivity contribution >= 4 is 27.5 Å². The molecule has 0 saturated carbocycles. The summed E-state index contributed by atoms with van der Waals surface area (Å²) in [6.07, 6.45) is 3.91. The minimum atomic E-state index is -3.55. The third kappa shape index (κ3) is 9.39. The van der Waals surface area contributed by atoms with Crippen LogP contribution in [0.2, 0.25) is 0 Å². The molecule has 2 rings (SSSR count). The molecule has 0 heterocycles. The van der Waals surface area contributed by atoms with E-state index >= 15 is 0 Å². The monoisotopic (exact) mass is 531 g/mol. The summed E-state index contributed by atoms with van der Waals surface area (Å²) in [7, 11) is -2.01. The van der Waals surface area contributed by atoms with E-state index in [2.05, 4.69) is 12.2 Å². The Morgan fingerprint density at radius 1 is 1.00 bits per heavy atom. The highest BCUT2D eigenvalue weighted by atomic mass is 32.2. The van der Waals surface area contributed by atoms with Crippen LogP contribution in [0.1, 0.15) is 57.1 Å². The predicted octanol–water partition coefficient (Wildman–Crippen LogP) is 4.27. The summed E-state index contributed by atoms with van der Waals surface area (Å²) in [6.45, 7) is 6.99. The first kappa shape index (κ1) is 30.2. The molecule has 2 aromatic carbocycles. The van der Waals surface area contributed by atoms with Crippen LogP contribution in [-0.4, -0.2) is 57.6 Å². The highest BCUT2D eigenvalue weighted by Crippen LogP contribution is 2.22. The molecule has 0 spiro atoms. The molecule has 1 N–H and O–H groups in total. The van der Waals surface area contributed by atoms with Crippen molar-refractivity contribution in [2.24, 2.45) is 0 Å². The molecule has 8 nitrogen and oxygen atoms in total. The Bertz CT molecular complexity index is 1100. The number of nitrogens with zero attached hydrogens (tertiary/aromatic N) is 2. The summed E-state index contributed by atoms with van der Waals surface area (Å²) in [5.41, 5.74) is 2.56. The first-order valence-electron chi connectivity index (χ1n) is 12.8. The maximum atomic E-state index is 13.5. The van der Waals surface area contributed by atoms with Gasteiger partial charge in [0.1, 0.15) is 11.8 Å². The molecule has 0 aromatic heterocycles. The van der Waals surface area contributed by atoms with Crippen LogP contribution < -0.4 is 14.4 Å². The molecule has 204 valence electrons. The molecule has 0 aliphatic rings. The summed E-state index contributed by atoms with van der Waals surface area (Å²) in [4.78, 5) is 28.1. The number of methoxy groups -OCH3 is 1. The Morgan fingerprint density at radius 3 is 2.19 bits per heavy atom. The second-order valence-electron chi connectivity index (χ2n) is 9.21. The number of unbranched alkanes of at least 4 members (excludes halogenated alkanes) is 1. The lowest BCUT2D eigenvalue weighted by atomic mass is 10.1. The number of anilines is 1. The predicted molar refractivity (Wildman–Crippen MR) is 148 cm³/mol. The zero-order valence-corrected chi connectivity index (χ0v) is 23.5. The number of hydrogen-bond donors (Lipinski definition) is 1. The van der Waals surface area contributed by atoms with Crippen LogP contribution in [0.5, 0.6) is 5.75 Å². The summed E-state index contributed by atoms with van der Waals surface area (Å²) in [5.74, 6) is 0.288. The molecule has 0 fully saturated rings. The molecule has 0 unspecified atom stereocenters. The van der Waals surface area contributed by atoms with Gasteiger partial charge in [0.25, 0.3) is 0 Å². The van der Waals surface area contributed by atoms with E-state index in [1.807, 2.05) is 38.1 Å². The van der Waals surface area contributed by atoms with E-state index < -0.39 is 16.1 Å². The maximum absolute atomic E-state index is 13.5. The molecule has 1 atom stereocenters. The highest BCUT2D eigenvalue weighted by Gasteiger charge is 2.28. The van der Waals surface area contributed by atoms with Gasteiger partial charge in [0.2, 0.25) is 21.8 Å². The summed E-state index contributed by atoms with van der Waals surface area (Å²) in [6, 6.07) is 14.1. The van der Waals surface area contributed by atoms with Gasteiger partial charge in [-0.15, -0.1) is 0 Å². The number of carbonyl (C=O) groups excluding carboxylic acids is 2. The molecule has 0 saturated heterocycles. The van der Waals surface area contributed by atoms with Gasteiger partial charge in [-0.3, -0.25) is 13.9 Å². The third-order valence-electron chi connectivity index (χ3n) is 6.20. The lowest BCUT2D eigenvalue weighted by Crippen LogP contribution is -2.49. The van der Waals surface area contributed by atoms with E-state index in [0.717, 1.165) is 30.2 Å². The van der Waals surface area contributed by atoms with Crippen LogP contribution in [-0.2, 0) is 26.2 Å². The zero-order chi connectivity index (χ0) is 27.4.